The number of nitrogens with zero attached hydrogens (tertiary/aromatic N) is 1. The number of morpholine rings is 1. The first-order valence-electron chi connectivity index (χ1n) is 6.14. The quantitative estimate of drug-likeness (QED) is 0.776. The smallest absolute Gasteiger partial charge is 0.245 e. The molecule has 0 bridgehead atoms. The van der Waals surface area contributed by atoms with Crippen LogP contribution in [0.3, 0.4) is 0 Å². The zero-order chi connectivity index (χ0) is 12.8. The summed E-state index contributed by atoms with van der Waals surface area (Å²) in [7, 11) is 0. The highest BCUT2D eigenvalue weighted by Gasteiger charge is 2.26. The second-order valence-electron chi connectivity index (χ2n) is 4.82. The molecule has 0 aromatic rings. The fourth-order valence-corrected chi connectivity index (χ4v) is 1.94. The Hall–Kier alpha value is -1.10. The van der Waals surface area contributed by atoms with Crippen molar-refractivity contribution in [2.75, 3.05) is 26.3 Å². The number of ether oxygens (including phenoxy) is 1. The molecule has 1 fully saturated rings. The third-order valence-corrected chi connectivity index (χ3v) is 2.71. The zero-order valence-electron chi connectivity index (χ0n) is 10.9. The number of hydrogen-bond acceptors (Lipinski definition) is 3. The second-order valence-corrected chi connectivity index (χ2v) is 4.82. The highest BCUT2D eigenvalue weighted by molar-refractivity contribution is 5.86. The molecule has 98 valence electrons. The van der Waals surface area contributed by atoms with Gasteiger partial charge in [-0.2, -0.15) is 0 Å². The number of carbonyl (C=O) groups excluding carboxylic acids is 2. The van der Waals surface area contributed by atoms with Crippen LogP contribution in [0.1, 0.15) is 27.2 Å². The molecule has 17 heavy (non-hydrogen) atoms. The molecule has 5 heteroatoms. The van der Waals surface area contributed by atoms with Crippen molar-refractivity contribution in [2.45, 2.75) is 33.2 Å². The molecule has 2 amide bonds. The highest BCUT2D eigenvalue weighted by Crippen LogP contribution is 2.09. The van der Waals surface area contributed by atoms with E-state index in [1.54, 1.807) is 4.90 Å². The van der Waals surface area contributed by atoms with Crippen molar-refractivity contribution in [1.29, 1.82) is 0 Å². The monoisotopic (exact) mass is 242 g/mol. The fourth-order valence-electron chi connectivity index (χ4n) is 1.94. The predicted molar refractivity (Wildman–Crippen MR) is 64.5 cm³/mol. The summed E-state index contributed by atoms with van der Waals surface area (Å²) >= 11 is 0. The molecule has 0 unspecified atom stereocenters. The minimum absolute atomic E-state index is 0.0113. The van der Waals surface area contributed by atoms with Crippen molar-refractivity contribution < 1.29 is 14.3 Å². The van der Waals surface area contributed by atoms with Gasteiger partial charge < -0.3 is 15.0 Å². The van der Waals surface area contributed by atoms with Gasteiger partial charge in [-0.3, -0.25) is 9.59 Å². The van der Waals surface area contributed by atoms with Crippen molar-refractivity contribution >= 4 is 11.8 Å². The summed E-state index contributed by atoms with van der Waals surface area (Å²) in [6.07, 6.45) is 0.676. The molecule has 0 spiro atoms. The summed E-state index contributed by atoms with van der Waals surface area (Å²) in [5.41, 5.74) is 0. The molecule has 0 aliphatic carbocycles. The number of amides is 2. The maximum Gasteiger partial charge on any atom is 0.245 e. The zero-order valence-corrected chi connectivity index (χ0v) is 10.9. The van der Waals surface area contributed by atoms with Crippen LogP contribution < -0.4 is 5.32 Å². The maximum absolute atomic E-state index is 12.2. The largest absolute Gasteiger partial charge is 0.378 e. The van der Waals surface area contributed by atoms with Crippen LogP contribution in [0.5, 0.6) is 0 Å². The Morgan fingerprint density at radius 3 is 2.35 bits per heavy atom. The minimum atomic E-state index is -0.398. The van der Waals surface area contributed by atoms with Crippen LogP contribution in [-0.2, 0) is 14.3 Å². The lowest BCUT2D eigenvalue weighted by atomic mass is 10.0. The lowest BCUT2D eigenvalue weighted by molar-refractivity contribution is -0.140. The molecule has 5 nitrogen and oxygen atoms in total. The number of carbonyl (C=O) groups is 2. The molecule has 1 saturated heterocycles. The first-order valence-corrected chi connectivity index (χ1v) is 6.14. The van der Waals surface area contributed by atoms with E-state index < -0.39 is 6.04 Å². The first kappa shape index (κ1) is 14.0. The molecule has 1 aliphatic heterocycles. The fraction of sp³-hybridized carbons (Fsp3) is 0.833. The Labute approximate surface area is 102 Å². The van der Waals surface area contributed by atoms with Crippen LogP contribution in [0.4, 0.5) is 0 Å². The third-order valence-electron chi connectivity index (χ3n) is 2.71. The molecule has 1 atom stereocenters. The first-order chi connectivity index (χ1) is 8.00. The van der Waals surface area contributed by atoms with E-state index in [-0.39, 0.29) is 11.8 Å². The molecular formula is C12H22N2O3. The summed E-state index contributed by atoms with van der Waals surface area (Å²) < 4.78 is 5.21. The van der Waals surface area contributed by atoms with Crippen molar-refractivity contribution in [3.05, 3.63) is 0 Å². The molecule has 1 aliphatic rings. The van der Waals surface area contributed by atoms with E-state index >= 15 is 0 Å². The van der Waals surface area contributed by atoms with Gasteiger partial charge in [-0.15, -0.1) is 0 Å². The molecule has 0 aromatic heterocycles. The summed E-state index contributed by atoms with van der Waals surface area (Å²) in [4.78, 5) is 25.1. The molecule has 1 N–H and O–H groups in total. The normalized spacial score (nSPS) is 18.0. The summed E-state index contributed by atoms with van der Waals surface area (Å²) in [6, 6.07) is -0.398. The van der Waals surface area contributed by atoms with Gasteiger partial charge in [0.25, 0.3) is 0 Å². The third kappa shape index (κ3) is 4.73. The van der Waals surface area contributed by atoms with Crippen molar-refractivity contribution in [2.24, 2.45) is 5.92 Å². The summed E-state index contributed by atoms with van der Waals surface area (Å²) in [5.74, 6) is 0.228. The van der Waals surface area contributed by atoms with Gasteiger partial charge in [0, 0.05) is 20.0 Å². The Bertz CT molecular complexity index is 273. The Balaban J connectivity index is 2.60. The molecular weight excluding hydrogens is 220 g/mol. The second kappa shape index (κ2) is 6.59. The van der Waals surface area contributed by atoms with Crippen LogP contribution in [0, 0.1) is 5.92 Å². The van der Waals surface area contributed by atoms with E-state index in [2.05, 4.69) is 5.32 Å². The summed E-state index contributed by atoms with van der Waals surface area (Å²) in [5, 5.41) is 2.74. The highest BCUT2D eigenvalue weighted by atomic mass is 16.5. The van der Waals surface area contributed by atoms with Gasteiger partial charge in [0.05, 0.1) is 13.2 Å². The number of nitrogens with one attached hydrogen (secondary N) is 1. The van der Waals surface area contributed by atoms with Crippen LogP contribution >= 0.6 is 0 Å². The van der Waals surface area contributed by atoms with E-state index in [4.69, 9.17) is 4.74 Å². The van der Waals surface area contributed by atoms with Gasteiger partial charge in [-0.05, 0) is 12.3 Å². The Morgan fingerprint density at radius 1 is 1.29 bits per heavy atom. The van der Waals surface area contributed by atoms with Crippen LogP contribution in [0.15, 0.2) is 0 Å². The van der Waals surface area contributed by atoms with Crippen molar-refractivity contribution in [3.8, 4) is 0 Å². The minimum Gasteiger partial charge on any atom is -0.378 e. The lowest BCUT2D eigenvalue weighted by Crippen LogP contribution is -2.51. The Morgan fingerprint density at radius 2 is 1.88 bits per heavy atom. The van der Waals surface area contributed by atoms with Gasteiger partial charge >= 0.3 is 0 Å². The molecule has 1 heterocycles. The van der Waals surface area contributed by atoms with Gasteiger partial charge in [0.1, 0.15) is 6.04 Å². The van der Waals surface area contributed by atoms with E-state index in [9.17, 15) is 9.59 Å². The van der Waals surface area contributed by atoms with Crippen molar-refractivity contribution in [3.63, 3.8) is 0 Å². The predicted octanol–water partition coefficient (Wildman–Crippen LogP) is 0.396. The van der Waals surface area contributed by atoms with E-state index in [1.165, 1.54) is 6.92 Å². The maximum atomic E-state index is 12.2. The SMILES string of the molecule is CC(=O)N[C@@H](CC(C)C)C(=O)N1CCOCC1. The van der Waals surface area contributed by atoms with Crippen molar-refractivity contribution in [1.82, 2.24) is 10.2 Å². The lowest BCUT2D eigenvalue weighted by Gasteiger charge is -2.31. The number of rotatable bonds is 4. The molecule has 1 rings (SSSR count). The van der Waals surface area contributed by atoms with Gasteiger partial charge in [-0.1, -0.05) is 13.8 Å². The van der Waals surface area contributed by atoms with Crippen LogP contribution in [0.25, 0.3) is 0 Å². The standard InChI is InChI=1S/C12H22N2O3/c1-9(2)8-11(13-10(3)15)12(16)14-4-6-17-7-5-14/h9,11H,4-8H2,1-3H3,(H,13,15)/t11-/m0/s1. The topological polar surface area (TPSA) is 58.6 Å². The van der Waals surface area contributed by atoms with Gasteiger partial charge in [0.15, 0.2) is 0 Å². The van der Waals surface area contributed by atoms with E-state index in [1.807, 2.05) is 13.8 Å². The average Bonchev–Trinajstić information content (AvgIpc) is 2.27. The van der Waals surface area contributed by atoms with E-state index in [0.717, 1.165) is 0 Å². The van der Waals surface area contributed by atoms with Crippen LogP contribution in [0.2, 0.25) is 0 Å². The molecule has 0 radical (unpaired) electrons. The Kier molecular flexibility index (Phi) is 5.41. The van der Waals surface area contributed by atoms with Gasteiger partial charge in [0.2, 0.25) is 11.8 Å². The number of hydrogen-bond donors (Lipinski definition) is 1. The summed E-state index contributed by atoms with van der Waals surface area (Å²) in [6.45, 7) is 7.93. The van der Waals surface area contributed by atoms with Crippen LogP contribution in [-0.4, -0.2) is 49.1 Å². The molecule has 0 saturated carbocycles. The van der Waals surface area contributed by atoms with E-state index in [0.29, 0.717) is 38.6 Å². The molecule has 0 aromatic carbocycles. The average molecular weight is 242 g/mol. The van der Waals surface area contributed by atoms with Gasteiger partial charge in [-0.25, -0.2) is 0 Å².